The van der Waals surface area contributed by atoms with Crippen LogP contribution in [0.5, 0.6) is 0 Å². The van der Waals surface area contributed by atoms with Gasteiger partial charge in [-0.2, -0.15) is 13.2 Å². The number of aliphatic hydroxyl groups excluding tert-OH is 1. The first-order valence-corrected chi connectivity index (χ1v) is 6.33. The molecule has 0 bridgehead atoms. The number of thioether (sulfide) groups is 1. The number of rotatable bonds is 6. The van der Waals surface area contributed by atoms with Crippen LogP contribution in [0.3, 0.4) is 0 Å². The first-order chi connectivity index (χ1) is 8.81. The van der Waals surface area contributed by atoms with Gasteiger partial charge in [0.25, 0.3) is 0 Å². The van der Waals surface area contributed by atoms with E-state index in [1.54, 1.807) is 0 Å². The van der Waals surface area contributed by atoms with Crippen LogP contribution in [0, 0.1) is 11.6 Å². The molecule has 1 unspecified atom stereocenters. The maximum absolute atomic E-state index is 13.3. The number of alkyl halides is 3. The lowest BCUT2D eigenvalue weighted by atomic mass is 10.1. The fraction of sp³-hybridized carbons (Fsp3) is 0.455. The second kappa shape index (κ2) is 7.06. The minimum atomic E-state index is -4.31. The molecule has 0 saturated heterocycles. The van der Waals surface area contributed by atoms with Gasteiger partial charge in [0.15, 0.2) is 0 Å². The molecule has 0 saturated carbocycles. The van der Waals surface area contributed by atoms with Gasteiger partial charge in [-0.05, 0) is 23.9 Å². The van der Waals surface area contributed by atoms with E-state index >= 15 is 0 Å². The number of hydrogen-bond acceptors (Lipinski definition) is 3. The van der Waals surface area contributed by atoms with Crippen molar-refractivity contribution < 1.29 is 27.1 Å². The van der Waals surface area contributed by atoms with Crippen molar-refractivity contribution in [1.29, 1.82) is 0 Å². The topological polar surface area (TPSA) is 32.3 Å². The smallest absolute Gasteiger partial charge is 0.387 e. The molecule has 0 radical (unpaired) electrons. The van der Waals surface area contributed by atoms with Crippen molar-refractivity contribution in [2.24, 2.45) is 0 Å². The van der Waals surface area contributed by atoms with Crippen molar-refractivity contribution in [1.82, 2.24) is 5.32 Å². The summed E-state index contributed by atoms with van der Waals surface area (Å²) in [4.78, 5) is 0. The summed E-state index contributed by atoms with van der Waals surface area (Å²) in [6.45, 7) is -0.256. The zero-order valence-corrected chi connectivity index (χ0v) is 10.5. The quantitative estimate of drug-likeness (QED) is 0.626. The number of halogens is 5. The summed E-state index contributed by atoms with van der Waals surface area (Å²) < 4.78 is 61.9. The van der Waals surface area contributed by atoms with Gasteiger partial charge in [-0.25, -0.2) is 8.78 Å². The Labute approximate surface area is 111 Å². The maximum Gasteiger partial charge on any atom is 0.441 e. The van der Waals surface area contributed by atoms with Gasteiger partial charge in [-0.1, -0.05) is 6.07 Å². The van der Waals surface area contributed by atoms with E-state index in [2.05, 4.69) is 5.32 Å². The van der Waals surface area contributed by atoms with Crippen LogP contribution in [0.1, 0.15) is 11.7 Å². The minimum Gasteiger partial charge on any atom is -0.387 e. The van der Waals surface area contributed by atoms with E-state index in [1.165, 1.54) is 0 Å². The molecule has 1 rings (SSSR count). The third-order valence-corrected chi connectivity index (χ3v) is 2.95. The Kier molecular flexibility index (Phi) is 6.02. The molecule has 2 N–H and O–H groups in total. The van der Waals surface area contributed by atoms with Gasteiger partial charge in [0, 0.05) is 18.8 Å². The molecule has 1 aromatic rings. The van der Waals surface area contributed by atoms with E-state index in [0.29, 0.717) is 0 Å². The lowest BCUT2D eigenvalue weighted by Crippen LogP contribution is -2.25. The highest BCUT2D eigenvalue weighted by molar-refractivity contribution is 8.00. The van der Waals surface area contributed by atoms with E-state index in [1.807, 2.05) is 0 Å². The van der Waals surface area contributed by atoms with Crippen LogP contribution < -0.4 is 5.32 Å². The van der Waals surface area contributed by atoms with E-state index in [4.69, 9.17) is 0 Å². The molecule has 0 spiro atoms. The fourth-order valence-corrected chi connectivity index (χ4v) is 1.89. The van der Waals surface area contributed by atoms with Crippen molar-refractivity contribution >= 4 is 11.8 Å². The Morgan fingerprint density at radius 3 is 2.32 bits per heavy atom. The molecule has 2 nitrogen and oxygen atoms in total. The van der Waals surface area contributed by atoms with Gasteiger partial charge in [0.1, 0.15) is 11.6 Å². The molecule has 0 aliphatic heterocycles. The summed E-state index contributed by atoms with van der Waals surface area (Å²) in [5.41, 5.74) is -4.80. The van der Waals surface area contributed by atoms with Gasteiger partial charge in [0.2, 0.25) is 0 Å². The van der Waals surface area contributed by atoms with E-state index in [9.17, 15) is 27.1 Å². The SMILES string of the molecule is OC(CNCCSC(F)(F)F)c1c(F)cccc1F. The van der Waals surface area contributed by atoms with Crippen LogP contribution in [0.25, 0.3) is 0 Å². The van der Waals surface area contributed by atoms with Crippen LogP contribution in [0.4, 0.5) is 22.0 Å². The standard InChI is InChI=1S/C11H12F5NOS/c12-7-2-1-3-8(13)10(7)9(18)6-17-4-5-19-11(14,15)16/h1-3,9,17-18H,4-6H2. The molecule has 0 aliphatic carbocycles. The lowest BCUT2D eigenvalue weighted by molar-refractivity contribution is -0.0327. The second-order valence-electron chi connectivity index (χ2n) is 3.65. The monoisotopic (exact) mass is 301 g/mol. The van der Waals surface area contributed by atoms with E-state index < -0.39 is 28.8 Å². The third kappa shape index (κ3) is 5.75. The molecule has 0 fully saturated rings. The average molecular weight is 301 g/mol. The van der Waals surface area contributed by atoms with E-state index in [-0.39, 0.29) is 30.6 Å². The predicted octanol–water partition coefficient (Wildman–Crippen LogP) is 2.84. The van der Waals surface area contributed by atoms with Crippen molar-refractivity contribution in [2.45, 2.75) is 11.6 Å². The Morgan fingerprint density at radius 1 is 1.21 bits per heavy atom. The summed E-state index contributed by atoms with van der Waals surface area (Å²) in [5.74, 6) is -2.02. The number of benzene rings is 1. The maximum atomic E-state index is 13.3. The van der Waals surface area contributed by atoms with Gasteiger partial charge in [0.05, 0.1) is 11.7 Å². The van der Waals surface area contributed by atoms with Crippen LogP contribution >= 0.6 is 11.8 Å². The van der Waals surface area contributed by atoms with Crippen LogP contribution in [0.15, 0.2) is 18.2 Å². The molecule has 0 aliphatic rings. The highest BCUT2D eigenvalue weighted by atomic mass is 32.2. The Morgan fingerprint density at radius 2 is 1.79 bits per heavy atom. The Hall–Kier alpha value is -0.860. The zero-order chi connectivity index (χ0) is 14.5. The summed E-state index contributed by atoms with van der Waals surface area (Å²) in [5, 5.41) is 12.1. The molecule has 0 aromatic heterocycles. The van der Waals surface area contributed by atoms with Crippen LogP contribution in [0.2, 0.25) is 0 Å². The molecule has 1 aromatic carbocycles. The van der Waals surface area contributed by atoms with Gasteiger partial charge >= 0.3 is 5.51 Å². The van der Waals surface area contributed by atoms with Gasteiger partial charge in [-0.3, -0.25) is 0 Å². The normalized spacial score (nSPS) is 13.6. The highest BCUT2D eigenvalue weighted by Gasteiger charge is 2.27. The third-order valence-electron chi connectivity index (χ3n) is 2.22. The first kappa shape index (κ1) is 16.2. The number of aliphatic hydroxyl groups is 1. The van der Waals surface area contributed by atoms with Gasteiger partial charge in [-0.15, -0.1) is 0 Å². The van der Waals surface area contributed by atoms with Gasteiger partial charge < -0.3 is 10.4 Å². The Balaban J connectivity index is 2.38. The van der Waals surface area contributed by atoms with Crippen LogP contribution in [-0.4, -0.2) is 29.5 Å². The zero-order valence-electron chi connectivity index (χ0n) is 9.68. The molecule has 108 valence electrons. The van der Waals surface area contributed by atoms with Crippen molar-refractivity contribution in [3.05, 3.63) is 35.4 Å². The van der Waals surface area contributed by atoms with E-state index in [0.717, 1.165) is 18.2 Å². The molecule has 0 amide bonds. The lowest BCUT2D eigenvalue weighted by Gasteiger charge is -2.14. The average Bonchev–Trinajstić information content (AvgIpc) is 2.26. The highest BCUT2D eigenvalue weighted by Crippen LogP contribution is 2.29. The predicted molar refractivity (Wildman–Crippen MR) is 62.7 cm³/mol. The van der Waals surface area contributed by atoms with Crippen molar-refractivity contribution in [3.8, 4) is 0 Å². The Bertz CT molecular complexity index is 392. The van der Waals surface area contributed by atoms with Crippen molar-refractivity contribution in [2.75, 3.05) is 18.8 Å². The van der Waals surface area contributed by atoms with Crippen LogP contribution in [-0.2, 0) is 0 Å². The summed E-state index contributed by atoms with van der Waals surface area (Å²) >= 11 is -0.205. The number of hydrogen-bond donors (Lipinski definition) is 2. The number of nitrogens with one attached hydrogen (secondary N) is 1. The molecule has 8 heteroatoms. The minimum absolute atomic E-state index is 0.0304. The molecule has 19 heavy (non-hydrogen) atoms. The molecule has 1 atom stereocenters. The largest absolute Gasteiger partial charge is 0.441 e. The summed E-state index contributed by atoms with van der Waals surface area (Å²) in [6, 6.07) is 3.16. The molecular formula is C11H12F5NOS. The fourth-order valence-electron chi connectivity index (χ4n) is 1.41. The molecular weight excluding hydrogens is 289 g/mol. The summed E-state index contributed by atoms with van der Waals surface area (Å²) in [6.07, 6.45) is -1.45. The second-order valence-corrected chi connectivity index (χ2v) is 4.81. The summed E-state index contributed by atoms with van der Waals surface area (Å²) in [7, 11) is 0. The molecule has 0 heterocycles. The first-order valence-electron chi connectivity index (χ1n) is 5.34. The van der Waals surface area contributed by atoms with Crippen molar-refractivity contribution in [3.63, 3.8) is 0 Å².